The number of likely N-dealkylation sites (N-methyl/N-ethyl adjacent to an activating group) is 1. The number of aromatic nitrogens is 1. The van der Waals surface area contributed by atoms with Crippen LogP contribution in [0.5, 0.6) is 0 Å². The minimum absolute atomic E-state index is 0.621. The molecule has 20 heavy (non-hydrogen) atoms. The first kappa shape index (κ1) is 13.6. The molecule has 1 aliphatic heterocycles. The Morgan fingerprint density at radius 2 is 2.10 bits per heavy atom. The molecule has 1 aromatic carbocycles. The summed E-state index contributed by atoms with van der Waals surface area (Å²) in [4.78, 5) is 6.98. The lowest BCUT2D eigenvalue weighted by Crippen LogP contribution is -2.56. The summed E-state index contributed by atoms with van der Waals surface area (Å²) >= 11 is 5.89. The highest BCUT2D eigenvalue weighted by atomic mass is 35.5. The zero-order valence-electron chi connectivity index (χ0n) is 11.5. The maximum Gasteiger partial charge on any atom is 0.226 e. The molecule has 1 fully saturated rings. The van der Waals surface area contributed by atoms with Crippen LogP contribution in [-0.2, 0) is 6.54 Å². The predicted octanol–water partition coefficient (Wildman–Crippen LogP) is 2.79. The average molecular weight is 292 g/mol. The van der Waals surface area contributed by atoms with Crippen molar-refractivity contribution in [2.24, 2.45) is 0 Å². The number of nitrogens with one attached hydrogen (secondary N) is 1. The van der Waals surface area contributed by atoms with Crippen LogP contribution in [0.25, 0.3) is 11.5 Å². The Morgan fingerprint density at radius 1 is 1.35 bits per heavy atom. The van der Waals surface area contributed by atoms with E-state index in [1.54, 1.807) is 6.26 Å². The molecule has 2 aromatic rings. The SMILES string of the molecule is CCN(Cc1coc(-c2ccc(Cl)cc2)n1)C1CNC1. The summed E-state index contributed by atoms with van der Waals surface area (Å²) in [5, 5.41) is 4.02. The second-order valence-electron chi connectivity index (χ2n) is 5.03. The van der Waals surface area contributed by atoms with Gasteiger partial charge < -0.3 is 9.73 Å². The van der Waals surface area contributed by atoms with E-state index in [9.17, 15) is 0 Å². The van der Waals surface area contributed by atoms with Crippen molar-refractivity contribution in [2.75, 3.05) is 19.6 Å². The lowest BCUT2D eigenvalue weighted by atomic mass is 10.1. The van der Waals surface area contributed by atoms with Crippen molar-refractivity contribution in [3.63, 3.8) is 0 Å². The van der Waals surface area contributed by atoms with Crippen LogP contribution < -0.4 is 5.32 Å². The summed E-state index contributed by atoms with van der Waals surface area (Å²) < 4.78 is 5.57. The number of halogens is 1. The normalized spacial score (nSPS) is 15.6. The fraction of sp³-hybridized carbons (Fsp3) is 0.400. The van der Waals surface area contributed by atoms with E-state index in [1.165, 1.54) is 0 Å². The molecule has 1 aromatic heterocycles. The van der Waals surface area contributed by atoms with Crippen molar-refractivity contribution in [2.45, 2.75) is 19.5 Å². The van der Waals surface area contributed by atoms with Crippen LogP contribution >= 0.6 is 11.6 Å². The lowest BCUT2D eigenvalue weighted by molar-refractivity contribution is 0.143. The van der Waals surface area contributed by atoms with E-state index in [4.69, 9.17) is 16.0 Å². The number of hydrogen-bond acceptors (Lipinski definition) is 4. The number of hydrogen-bond donors (Lipinski definition) is 1. The van der Waals surface area contributed by atoms with Crippen molar-refractivity contribution in [3.8, 4) is 11.5 Å². The first-order valence-corrected chi connectivity index (χ1v) is 7.29. The molecule has 5 heteroatoms. The zero-order valence-corrected chi connectivity index (χ0v) is 12.2. The molecule has 0 bridgehead atoms. The van der Waals surface area contributed by atoms with E-state index in [2.05, 4.69) is 22.1 Å². The van der Waals surface area contributed by atoms with Gasteiger partial charge in [-0.05, 0) is 30.8 Å². The Labute approximate surface area is 123 Å². The van der Waals surface area contributed by atoms with E-state index in [1.807, 2.05) is 24.3 Å². The largest absolute Gasteiger partial charge is 0.444 e. The first-order chi connectivity index (χ1) is 9.76. The van der Waals surface area contributed by atoms with Crippen LogP contribution in [0.4, 0.5) is 0 Å². The fourth-order valence-electron chi connectivity index (χ4n) is 2.34. The van der Waals surface area contributed by atoms with Crippen LogP contribution in [0.3, 0.4) is 0 Å². The van der Waals surface area contributed by atoms with Crippen molar-refractivity contribution in [1.82, 2.24) is 15.2 Å². The number of nitrogens with zero attached hydrogens (tertiary/aromatic N) is 2. The summed E-state index contributed by atoms with van der Waals surface area (Å²) in [6.45, 7) is 6.17. The molecule has 0 unspecified atom stereocenters. The molecule has 0 spiro atoms. The van der Waals surface area contributed by atoms with Crippen LogP contribution in [0.2, 0.25) is 5.02 Å². The molecular weight excluding hydrogens is 274 g/mol. The molecule has 2 heterocycles. The average Bonchev–Trinajstić information content (AvgIpc) is 2.85. The molecule has 1 N–H and O–H groups in total. The second-order valence-corrected chi connectivity index (χ2v) is 5.46. The minimum atomic E-state index is 0.621. The third kappa shape index (κ3) is 2.87. The summed E-state index contributed by atoms with van der Waals surface area (Å²) in [5.74, 6) is 0.652. The first-order valence-electron chi connectivity index (χ1n) is 6.91. The molecule has 3 rings (SSSR count). The number of benzene rings is 1. The number of rotatable bonds is 5. The van der Waals surface area contributed by atoms with Gasteiger partial charge in [0.1, 0.15) is 6.26 Å². The van der Waals surface area contributed by atoms with E-state index >= 15 is 0 Å². The highest BCUT2D eigenvalue weighted by Crippen LogP contribution is 2.21. The molecule has 1 saturated heterocycles. The maximum atomic E-state index is 5.89. The van der Waals surface area contributed by atoms with Gasteiger partial charge in [0.25, 0.3) is 0 Å². The molecular formula is C15H18ClN3O. The van der Waals surface area contributed by atoms with Crippen LogP contribution in [0.1, 0.15) is 12.6 Å². The smallest absolute Gasteiger partial charge is 0.226 e. The van der Waals surface area contributed by atoms with Crippen molar-refractivity contribution in [3.05, 3.63) is 41.2 Å². The van der Waals surface area contributed by atoms with Crippen LogP contribution in [0.15, 0.2) is 34.9 Å². The standard InChI is InChI=1S/C15H18ClN3O/c1-2-19(14-7-17-8-14)9-13-10-20-15(18-13)11-3-5-12(16)6-4-11/h3-6,10,14,17H,2,7-9H2,1H3. The maximum absolute atomic E-state index is 5.89. The second kappa shape index (κ2) is 5.95. The predicted molar refractivity (Wildman–Crippen MR) is 79.7 cm³/mol. The molecule has 0 atom stereocenters. The third-order valence-corrected chi connectivity index (χ3v) is 3.94. The van der Waals surface area contributed by atoms with Crippen LogP contribution in [0, 0.1) is 0 Å². The van der Waals surface area contributed by atoms with Gasteiger partial charge in [0.2, 0.25) is 5.89 Å². The van der Waals surface area contributed by atoms with E-state index in [-0.39, 0.29) is 0 Å². The summed E-state index contributed by atoms with van der Waals surface area (Å²) in [5.41, 5.74) is 1.93. The molecule has 0 radical (unpaired) electrons. The molecule has 4 nitrogen and oxygen atoms in total. The van der Waals surface area contributed by atoms with Gasteiger partial charge in [-0.3, -0.25) is 4.90 Å². The Bertz CT molecular complexity index is 563. The van der Waals surface area contributed by atoms with Gasteiger partial charge in [-0.15, -0.1) is 0 Å². The number of oxazole rings is 1. The van der Waals surface area contributed by atoms with Crippen molar-refractivity contribution < 1.29 is 4.42 Å². The zero-order chi connectivity index (χ0) is 13.9. The van der Waals surface area contributed by atoms with Gasteiger partial charge >= 0.3 is 0 Å². The van der Waals surface area contributed by atoms with Gasteiger partial charge in [0, 0.05) is 36.3 Å². The fourth-order valence-corrected chi connectivity index (χ4v) is 2.47. The molecule has 0 amide bonds. The Kier molecular flexibility index (Phi) is 4.05. The van der Waals surface area contributed by atoms with Gasteiger partial charge in [-0.2, -0.15) is 0 Å². The monoisotopic (exact) mass is 291 g/mol. The van der Waals surface area contributed by atoms with Crippen molar-refractivity contribution >= 4 is 11.6 Å². The minimum Gasteiger partial charge on any atom is -0.444 e. The lowest BCUT2D eigenvalue weighted by Gasteiger charge is -2.37. The quantitative estimate of drug-likeness (QED) is 0.920. The van der Waals surface area contributed by atoms with Gasteiger partial charge in [-0.1, -0.05) is 18.5 Å². The van der Waals surface area contributed by atoms with Crippen molar-refractivity contribution in [1.29, 1.82) is 0 Å². The summed E-state index contributed by atoms with van der Waals surface area (Å²) in [6.07, 6.45) is 1.75. The van der Waals surface area contributed by atoms with Gasteiger partial charge in [-0.25, -0.2) is 4.98 Å². The van der Waals surface area contributed by atoms with Crippen LogP contribution in [-0.4, -0.2) is 35.6 Å². The van der Waals surface area contributed by atoms with Gasteiger partial charge in [0.15, 0.2) is 0 Å². The highest BCUT2D eigenvalue weighted by Gasteiger charge is 2.24. The van der Waals surface area contributed by atoms with E-state index in [0.717, 1.165) is 42.5 Å². The van der Waals surface area contributed by atoms with Gasteiger partial charge in [0.05, 0.1) is 5.69 Å². The summed E-state index contributed by atoms with van der Waals surface area (Å²) in [6, 6.07) is 8.16. The molecule has 0 aliphatic carbocycles. The topological polar surface area (TPSA) is 41.3 Å². The Balaban J connectivity index is 1.71. The van der Waals surface area contributed by atoms with E-state index < -0.39 is 0 Å². The molecule has 1 aliphatic rings. The molecule has 106 valence electrons. The summed E-state index contributed by atoms with van der Waals surface area (Å²) in [7, 11) is 0. The Morgan fingerprint density at radius 3 is 2.70 bits per heavy atom. The Hall–Kier alpha value is -1.36. The van der Waals surface area contributed by atoms with E-state index in [0.29, 0.717) is 11.9 Å². The third-order valence-electron chi connectivity index (χ3n) is 3.69. The molecule has 0 saturated carbocycles. The highest BCUT2D eigenvalue weighted by molar-refractivity contribution is 6.30.